The lowest BCUT2D eigenvalue weighted by atomic mass is 9.96. The number of nitro benzene ring substituents is 1. The van der Waals surface area contributed by atoms with E-state index < -0.39 is 4.92 Å². The average molecular weight is 312 g/mol. The van der Waals surface area contributed by atoms with Crippen molar-refractivity contribution in [2.75, 3.05) is 6.54 Å². The van der Waals surface area contributed by atoms with Gasteiger partial charge in [0.15, 0.2) is 0 Å². The second-order valence-corrected chi connectivity index (χ2v) is 5.81. The number of halogens is 1. The number of hydrogen-bond donors (Lipinski definition) is 1. The topological polar surface area (TPSA) is 89.5 Å². The Morgan fingerprint density at radius 1 is 1.48 bits per heavy atom. The van der Waals surface area contributed by atoms with Gasteiger partial charge in [-0.3, -0.25) is 14.9 Å². The third-order valence-electron chi connectivity index (χ3n) is 3.76. The summed E-state index contributed by atoms with van der Waals surface area (Å²) in [5.41, 5.74) is 6.01. The molecule has 0 bridgehead atoms. The minimum absolute atomic E-state index is 0.0377. The van der Waals surface area contributed by atoms with Crippen LogP contribution >= 0.6 is 11.6 Å². The van der Waals surface area contributed by atoms with Crippen LogP contribution in [0, 0.1) is 10.1 Å². The van der Waals surface area contributed by atoms with Crippen molar-refractivity contribution in [3.8, 4) is 0 Å². The van der Waals surface area contributed by atoms with Gasteiger partial charge in [0, 0.05) is 41.3 Å². The number of nitro groups is 1. The van der Waals surface area contributed by atoms with Crippen LogP contribution in [0.5, 0.6) is 0 Å². The molecule has 2 atom stereocenters. The van der Waals surface area contributed by atoms with Gasteiger partial charge in [0.1, 0.15) is 0 Å². The lowest BCUT2D eigenvalue weighted by molar-refractivity contribution is -0.384. The molecule has 7 heteroatoms. The number of hydrogen-bond acceptors (Lipinski definition) is 4. The van der Waals surface area contributed by atoms with Crippen LogP contribution in [-0.4, -0.2) is 34.4 Å². The summed E-state index contributed by atoms with van der Waals surface area (Å²) in [6.07, 6.45) is 2.80. The van der Waals surface area contributed by atoms with Gasteiger partial charge in [0.05, 0.1) is 4.92 Å². The van der Waals surface area contributed by atoms with Crippen LogP contribution < -0.4 is 5.73 Å². The van der Waals surface area contributed by atoms with Gasteiger partial charge in [-0.25, -0.2) is 0 Å². The Morgan fingerprint density at radius 3 is 2.81 bits per heavy atom. The molecule has 1 aromatic rings. The van der Waals surface area contributed by atoms with Gasteiger partial charge in [-0.1, -0.05) is 11.6 Å². The third-order valence-corrected chi connectivity index (χ3v) is 3.98. The molecule has 0 spiro atoms. The Balaban J connectivity index is 2.32. The molecular formula is C14H18ClN3O3. The molecule has 0 aliphatic carbocycles. The van der Waals surface area contributed by atoms with E-state index in [1.54, 1.807) is 4.90 Å². The Bertz CT molecular complexity index is 562. The second kappa shape index (κ2) is 6.41. The second-order valence-electron chi connectivity index (χ2n) is 5.38. The first-order valence-corrected chi connectivity index (χ1v) is 7.29. The Labute approximate surface area is 128 Å². The minimum Gasteiger partial charge on any atom is -0.334 e. The largest absolute Gasteiger partial charge is 0.334 e. The zero-order chi connectivity index (χ0) is 15.6. The van der Waals surface area contributed by atoms with Crippen molar-refractivity contribution in [3.63, 3.8) is 0 Å². The van der Waals surface area contributed by atoms with Gasteiger partial charge in [-0.2, -0.15) is 0 Å². The van der Waals surface area contributed by atoms with E-state index in [4.69, 9.17) is 17.3 Å². The SMILES string of the molecule is CC(N)C1CCCCN1C(=O)c1cc(Cl)cc([N+](=O)[O-])c1. The van der Waals surface area contributed by atoms with E-state index in [9.17, 15) is 14.9 Å². The van der Waals surface area contributed by atoms with E-state index in [1.165, 1.54) is 18.2 Å². The first-order chi connectivity index (χ1) is 9.90. The molecule has 114 valence electrons. The maximum absolute atomic E-state index is 12.6. The summed E-state index contributed by atoms with van der Waals surface area (Å²) in [7, 11) is 0. The fourth-order valence-corrected chi connectivity index (χ4v) is 2.95. The summed E-state index contributed by atoms with van der Waals surface area (Å²) in [6.45, 7) is 2.49. The van der Waals surface area contributed by atoms with Crippen molar-refractivity contribution in [2.45, 2.75) is 38.3 Å². The molecule has 6 nitrogen and oxygen atoms in total. The molecule has 1 aliphatic heterocycles. The number of nitrogens with two attached hydrogens (primary N) is 1. The summed E-state index contributed by atoms with van der Waals surface area (Å²) in [6, 6.07) is 3.79. The number of carbonyl (C=O) groups excluding carboxylic acids is 1. The van der Waals surface area contributed by atoms with Crippen LogP contribution in [0.1, 0.15) is 36.5 Å². The zero-order valence-corrected chi connectivity index (χ0v) is 12.5. The summed E-state index contributed by atoms with van der Waals surface area (Å²) < 4.78 is 0. The summed E-state index contributed by atoms with van der Waals surface area (Å²) in [5.74, 6) is -0.248. The quantitative estimate of drug-likeness (QED) is 0.686. The van der Waals surface area contributed by atoms with Crippen LogP contribution in [0.4, 0.5) is 5.69 Å². The van der Waals surface area contributed by atoms with Crippen molar-refractivity contribution in [2.24, 2.45) is 5.73 Å². The number of benzene rings is 1. The molecule has 0 saturated carbocycles. The van der Waals surface area contributed by atoms with Gasteiger partial charge in [0.2, 0.25) is 0 Å². The highest BCUT2D eigenvalue weighted by Crippen LogP contribution is 2.25. The third kappa shape index (κ3) is 3.51. The Morgan fingerprint density at radius 2 is 2.19 bits per heavy atom. The molecule has 1 aromatic carbocycles. The Hall–Kier alpha value is -1.66. The lowest BCUT2D eigenvalue weighted by Crippen LogP contribution is -2.51. The van der Waals surface area contributed by atoms with Gasteiger partial charge in [-0.15, -0.1) is 0 Å². The molecule has 0 radical (unpaired) electrons. The zero-order valence-electron chi connectivity index (χ0n) is 11.8. The van der Waals surface area contributed by atoms with E-state index in [0.717, 1.165) is 19.3 Å². The lowest BCUT2D eigenvalue weighted by Gasteiger charge is -2.38. The highest BCUT2D eigenvalue weighted by Gasteiger charge is 2.30. The molecule has 2 rings (SSSR count). The highest BCUT2D eigenvalue weighted by atomic mass is 35.5. The average Bonchev–Trinajstić information content (AvgIpc) is 2.45. The molecule has 1 heterocycles. The van der Waals surface area contributed by atoms with Gasteiger partial charge < -0.3 is 10.6 Å². The molecule has 0 aromatic heterocycles. The van der Waals surface area contributed by atoms with E-state index in [0.29, 0.717) is 6.54 Å². The first-order valence-electron chi connectivity index (χ1n) is 6.91. The van der Waals surface area contributed by atoms with Gasteiger partial charge in [0.25, 0.3) is 11.6 Å². The molecule has 1 fully saturated rings. The molecular weight excluding hydrogens is 294 g/mol. The van der Waals surface area contributed by atoms with Crippen LogP contribution in [-0.2, 0) is 0 Å². The van der Waals surface area contributed by atoms with Crippen LogP contribution in [0.25, 0.3) is 0 Å². The fraction of sp³-hybridized carbons (Fsp3) is 0.500. The number of non-ortho nitro benzene ring substituents is 1. The highest BCUT2D eigenvalue weighted by molar-refractivity contribution is 6.31. The summed E-state index contributed by atoms with van der Waals surface area (Å²) >= 11 is 5.88. The number of likely N-dealkylation sites (tertiary alicyclic amines) is 1. The molecule has 2 unspecified atom stereocenters. The monoisotopic (exact) mass is 311 g/mol. The van der Waals surface area contributed by atoms with Crippen LogP contribution in [0.3, 0.4) is 0 Å². The van der Waals surface area contributed by atoms with E-state index in [1.807, 2.05) is 6.92 Å². The smallest absolute Gasteiger partial charge is 0.271 e. The molecule has 2 N–H and O–H groups in total. The van der Waals surface area contributed by atoms with Crippen molar-refractivity contribution < 1.29 is 9.72 Å². The number of nitrogens with zero attached hydrogens (tertiary/aromatic N) is 2. The van der Waals surface area contributed by atoms with Gasteiger partial charge in [-0.05, 0) is 32.3 Å². The standard InChI is InChI=1S/C14H18ClN3O3/c1-9(16)13-4-2-3-5-17(13)14(19)10-6-11(15)8-12(7-10)18(20)21/h6-9,13H,2-5,16H2,1H3. The molecule has 21 heavy (non-hydrogen) atoms. The number of rotatable bonds is 3. The molecule has 1 amide bonds. The normalized spacial score (nSPS) is 20.1. The van der Waals surface area contributed by atoms with E-state index >= 15 is 0 Å². The van der Waals surface area contributed by atoms with E-state index in [2.05, 4.69) is 0 Å². The van der Waals surface area contributed by atoms with Crippen molar-refractivity contribution in [1.29, 1.82) is 0 Å². The van der Waals surface area contributed by atoms with Crippen LogP contribution in [0.15, 0.2) is 18.2 Å². The summed E-state index contributed by atoms with van der Waals surface area (Å²) in [5, 5.41) is 11.1. The maximum atomic E-state index is 12.6. The fourth-order valence-electron chi connectivity index (χ4n) is 2.73. The van der Waals surface area contributed by atoms with Crippen molar-refractivity contribution in [1.82, 2.24) is 4.90 Å². The number of piperidine rings is 1. The van der Waals surface area contributed by atoms with Gasteiger partial charge >= 0.3 is 0 Å². The first kappa shape index (κ1) is 15.7. The number of amides is 1. The molecule has 1 aliphatic rings. The molecule has 1 saturated heterocycles. The summed E-state index contributed by atoms with van der Waals surface area (Å²) in [4.78, 5) is 24.7. The van der Waals surface area contributed by atoms with Crippen LogP contribution in [0.2, 0.25) is 5.02 Å². The predicted molar refractivity (Wildman–Crippen MR) is 80.4 cm³/mol. The maximum Gasteiger partial charge on any atom is 0.271 e. The van der Waals surface area contributed by atoms with Crippen molar-refractivity contribution >= 4 is 23.2 Å². The van der Waals surface area contributed by atoms with E-state index in [-0.39, 0.29) is 34.3 Å². The number of carbonyl (C=O) groups is 1. The predicted octanol–water partition coefficient (Wildman–Crippen LogP) is 2.59. The minimum atomic E-state index is -0.554. The Kier molecular flexibility index (Phi) is 4.80. The van der Waals surface area contributed by atoms with Crippen molar-refractivity contribution in [3.05, 3.63) is 38.9 Å².